The van der Waals surface area contributed by atoms with E-state index in [0.717, 1.165) is 0 Å². The Kier molecular flexibility index (Phi) is 4.32. The average molecular weight is 320 g/mol. The fourth-order valence-corrected chi connectivity index (χ4v) is 3.14. The zero-order chi connectivity index (χ0) is 16.6. The molecule has 3 rings (SSSR count). The normalized spacial score (nSPS) is 24.8. The van der Waals surface area contributed by atoms with Gasteiger partial charge in [-0.15, -0.1) is 0 Å². The first-order chi connectivity index (χ1) is 10.9. The first-order valence-electron chi connectivity index (χ1n) is 7.77. The fraction of sp³-hybridized carbons (Fsp3) is 0.500. The molecule has 1 aliphatic carbocycles. The minimum absolute atomic E-state index is 0.000938. The van der Waals surface area contributed by atoms with Gasteiger partial charge in [0.1, 0.15) is 11.6 Å². The molecule has 1 aromatic carbocycles. The maximum Gasteiger partial charge on any atom is 0.225 e. The molecule has 124 valence electrons. The summed E-state index contributed by atoms with van der Waals surface area (Å²) >= 11 is 0. The van der Waals surface area contributed by atoms with Gasteiger partial charge in [0.25, 0.3) is 0 Å². The van der Waals surface area contributed by atoms with Crippen molar-refractivity contribution in [1.29, 1.82) is 0 Å². The first-order valence-corrected chi connectivity index (χ1v) is 7.77. The predicted octanol–water partition coefficient (Wildman–Crippen LogP) is 1.15. The number of halogens is 1. The van der Waals surface area contributed by atoms with Crippen molar-refractivity contribution in [1.82, 2.24) is 14.9 Å². The molecule has 3 atom stereocenters. The Morgan fingerprint density at radius 1 is 1.52 bits per heavy atom. The summed E-state index contributed by atoms with van der Waals surface area (Å²) in [5, 5.41) is 9.66. The maximum atomic E-state index is 13.2. The van der Waals surface area contributed by atoms with Gasteiger partial charge in [-0.2, -0.15) is 0 Å². The lowest BCUT2D eigenvalue weighted by Gasteiger charge is -2.32. The molecule has 23 heavy (non-hydrogen) atoms. The van der Waals surface area contributed by atoms with Gasteiger partial charge >= 0.3 is 0 Å². The highest BCUT2D eigenvalue weighted by atomic mass is 19.1. The lowest BCUT2D eigenvalue weighted by atomic mass is 9.83. The highest BCUT2D eigenvalue weighted by molar-refractivity contribution is 5.79. The van der Waals surface area contributed by atoms with E-state index in [1.54, 1.807) is 18.0 Å². The number of fused-ring (bicyclic) bond motifs is 1. The van der Waals surface area contributed by atoms with E-state index in [-0.39, 0.29) is 23.7 Å². The molecule has 6 nitrogen and oxygen atoms in total. The number of aromatic nitrogens is 2. The second-order valence-corrected chi connectivity index (χ2v) is 6.28. The Balaban J connectivity index is 1.67. The second-order valence-electron chi connectivity index (χ2n) is 6.28. The van der Waals surface area contributed by atoms with Crippen LogP contribution >= 0.6 is 0 Å². The van der Waals surface area contributed by atoms with Crippen molar-refractivity contribution >= 4 is 16.9 Å². The van der Waals surface area contributed by atoms with Crippen molar-refractivity contribution in [2.45, 2.75) is 38.0 Å². The Labute approximate surface area is 133 Å². The minimum Gasteiger partial charge on any atom is -0.392 e. The van der Waals surface area contributed by atoms with Gasteiger partial charge in [0.05, 0.1) is 23.7 Å². The van der Waals surface area contributed by atoms with Crippen LogP contribution in [0, 0.1) is 11.7 Å². The van der Waals surface area contributed by atoms with Crippen LogP contribution in [0.3, 0.4) is 0 Å². The number of carbonyl (C=O) groups excluding carboxylic acids is 1. The van der Waals surface area contributed by atoms with E-state index >= 15 is 0 Å². The van der Waals surface area contributed by atoms with E-state index in [0.29, 0.717) is 42.7 Å². The van der Waals surface area contributed by atoms with Gasteiger partial charge in [-0.05, 0) is 37.5 Å². The van der Waals surface area contributed by atoms with E-state index in [2.05, 4.69) is 9.97 Å². The Bertz CT molecular complexity index is 717. The number of aliphatic hydroxyl groups is 1. The van der Waals surface area contributed by atoms with Crippen LogP contribution in [-0.4, -0.2) is 45.1 Å². The molecule has 1 aliphatic rings. The van der Waals surface area contributed by atoms with Crippen LogP contribution in [0.2, 0.25) is 0 Å². The van der Waals surface area contributed by atoms with E-state index in [9.17, 15) is 14.3 Å². The van der Waals surface area contributed by atoms with Crippen LogP contribution in [0.1, 0.15) is 25.1 Å². The number of nitrogens with two attached hydrogens (primary N) is 1. The van der Waals surface area contributed by atoms with Crippen molar-refractivity contribution in [3.05, 3.63) is 29.8 Å². The highest BCUT2D eigenvalue weighted by Crippen LogP contribution is 2.25. The van der Waals surface area contributed by atoms with Gasteiger partial charge in [0, 0.05) is 19.0 Å². The van der Waals surface area contributed by atoms with Crippen molar-refractivity contribution in [3.63, 3.8) is 0 Å². The number of amides is 1. The van der Waals surface area contributed by atoms with Crippen LogP contribution in [0.4, 0.5) is 4.39 Å². The van der Waals surface area contributed by atoms with Crippen LogP contribution in [0.15, 0.2) is 18.2 Å². The molecule has 0 spiro atoms. The Morgan fingerprint density at radius 2 is 2.30 bits per heavy atom. The number of carbonyl (C=O) groups is 1. The third kappa shape index (κ3) is 3.35. The third-order valence-electron chi connectivity index (χ3n) is 4.47. The summed E-state index contributed by atoms with van der Waals surface area (Å²) in [6.45, 7) is 0.323. The minimum atomic E-state index is -0.519. The monoisotopic (exact) mass is 320 g/mol. The van der Waals surface area contributed by atoms with Gasteiger partial charge in [-0.25, -0.2) is 9.37 Å². The molecule has 1 fully saturated rings. The number of imidazole rings is 1. The van der Waals surface area contributed by atoms with Gasteiger partial charge in [-0.3, -0.25) is 4.79 Å². The van der Waals surface area contributed by atoms with Crippen molar-refractivity contribution in [2.75, 3.05) is 7.05 Å². The first kappa shape index (κ1) is 15.9. The topological polar surface area (TPSA) is 95.2 Å². The number of rotatable bonds is 3. The number of aliphatic hydroxyl groups excluding tert-OH is 1. The van der Waals surface area contributed by atoms with Crippen molar-refractivity contribution < 1.29 is 14.3 Å². The smallest absolute Gasteiger partial charge is 0.225 e. The lowest BCUT2D eigenvalue weighted by Crippen LogP contribution is -2.45. The van der Waals surface area contributed by atoms with Gasteiger partial charge in [0.15, 0.2) is 0 Å². The summed E-state index contributed by atoms with van der Waals surface area (Å²) in [6, 6.07) is 4.00. The zero-order valence-corrected chi connectivity index (χ0v) is 13.0. The molecule has 0 unspecified atom stereocenters. The van der Waals surface area contributed by atoms with E-state index in [4.69, 9.17) is 5.73 Å². The average Bonchev–Trinajstić information content (AvgIpc) is 2.90. The van der Waals surface area contributed by atoms with Crippen molar-refractivity contribution in [3.8, 4) is 0 Å². The summed E-state index contributed by atoms with van der Waals surface area (Å²) in [5.41, 5.74) is 7.14. The van der Waals surface area contributed by atoms with E-state index in [1.165, 1.54) is 12.1 Å². The maximum absolute atomic E-state index is 13.2. The van der Waals surface area contributed by atoms with Gasteiger partial charge in [0.2, 0.25) is 5.91 Å². The molecule has 1 heterocycles. The molecule has 0 bridgehead atoms. The summed E-state index contributed by atoms with van der Waals surface area (Å²) in [6.07, 6.45) is 1.17. The van der Waals surface area contributed by atoms with E-state index < -0.39 is 6.10 Å². The van der Waals surface area contributed by atoms with E-state index in [1.807, 2.05) is 0 Å². The summed E-state index contributed by atoms with van der Waals surface area (Å²) < 4.78 is 13.2. The molecular formula is C16H21FN4O2. The molecule has 2 aromatic rings. The lowest BCUT2D eigenvalue weighted by molar-refractivity contribution is -0.136. The zero-order valence-electron chi connectivity index (χ0n) is 13.0. The van der Waals surface area contributed by atoms with Crippen molar-refractivity contribution in [2.24, 2.45) is 11.7 Å². The number of H-pyrrole nitrogens is 1. The molecule has 4 N–H and O–H groups in total. The third-order valence-corrected chi connectivity index (χ3v) is 4.47. The molecule has 0 radical (unpaired) electrons. The van der Waals surface area contributed by atoms with Crippen LogP contribution < -0.4 is 5.73 Å². The molecule has 1 aromatic heterocycles. The van der Waals surface area contributed by atoms with Gasteiger partial charge < -0.3 is 20.7 Å². The predicted molar refractivity (Wildman–Crippen MR) is 83.8 cm³/mol. The quantitative estimate of drug-likeness (QED) is 0.790. The summed E-state index contributed by atoms with van der Waals surface area (Å²) in [7, 11) is 1.71. The Morgan fingerprint density at radius 3 is 3.04 bits per heavy atom. The molecule has 1 saturated carbocycles. The number of nitrogens with one attached hydrogen (secondary N) is 1. The number of aromatic amines is 1. The van der Waals surface area contributed by atoms with Crippen LogP contribution in [0.25, 0.3) is 11.0 Å². The molecule has 7 heteroatoms. The fourth-order valence-electron chi connectivity index (χ4n) is 3.14. The Hall–Kier alpha value is -1.99. The summed E-state index contributed by atoms with van der Waals surface area (Å²) in [4.78, 5) is 21.5. The highest BCUT2D eigenvalue weighted by Gasteiger charge is 2.32. The number of hydrogen-bond acceptors (Lipinski definition) is 4. The SMILES string of the molecule is CN(Cc1nc2ccc(F)cc2[nH]1)C(=O)[C@H]1CC[C@@H](O)[C@H](N)C1. The van der Waals surface area contributed by atoms with Crippen LogP contribution in [0.5, 0.6) is 0 Å². The second kappa shape index (κ2) is 6.25. The standard InChI is InChI=1S/C16H21FN4O2/c1-21(16(23)9-2-5-14(22)11(18)6-9)8-15-19-12-4-3-10(17)7-13(12)20-15/h3-4,7,9,11,14,22H,2,5-6,8,18H2,1H3,(H,19,20)/t9-,11+,14+/m0/s1. The number of hydrogen-bond donors (Lipinski definition) is 3. The molecule has 0 aliphatic heterocycles. The molecule has 0 saturated heterocycles. The van der Waals surface area contributed by atoms with Gasteiger partial charge in [-0.1, -0.05) is 0 Å². The molecule has 1 amide bonds. The van der Waals surface area contributed by atoms with Crippen LogP contribution in [-0.2, 0) is 11.3 Å². The number of nitrogens with zero attached hydrogens (tertiary/aromatic N) is 2. The number of benzene rings is 1. The summed E-state index contributed by atoms with van der Waals surface area (Å²) in [5.74, 6) is 0.118. The molecular weight excluding hydrogens is 299 g/mol. The largest absolute Gasteiger partial charge is 0.392 e.